The first-order valence-electron chi connectivity index (χ1n) is 4.02. The van der Waals surface area contributed by atoms with Crippen LogP contribution in [0.1, 0.15) is 12.6 Å². The highest BCUT2D eigenvalue weighted by molar-refractivity contribution is 7.99. The molecule has 1 heterocycles. The van der Waals surface area contributed by atoms with Gasteiger partial charge in [-0.1, -0.05) is 11.8 Å². The molecule has 1 aromatic rings. The Morgan fingerprint density at radius 3 is 3.00 bits per heavy atom. The van der Waals surface area contributed by atoms with Gasteiger partial charge in [0.05, 0.1) is 5.75 Å². The average molecular weight is 200 g/mol. The van der Waals surface area contributed by atoms with E-state index in [1.54, 1.807) is 6.20 Å². The molecule has 0 aliphatic carbocycles. The minimum atomic E-state index is -0.812. The molecule has 0 aliphatic heterocycles. The monoisotopic (exact) mass is 200 g/mol. The van der Waals surface area contributed by atoms with Crippen molar-refractivity contribution in [3.63, 3.8) is 0 Å². The largest absolute Gasteiger partial charge is 0.481 e. The second-order valence-electron chi connectivity index (χ2n) is 2.61. The quantitative estimate of drug-likeness (QED) is 0.746. The van der Waals surface area contributed by atoms with Gasteiger partial charge >= 0.3 is 5.97 Å². The van der Waals surface area contributed by atoms with E-state index in [4.69, 9.17) is 5.11 Å². The molecule has 0 fully saturated rings. The number of hydrogen-bond donors (Lipinski definition) is 1. The highest BCUT2D eigenvalue weighted by atomic mass is 32.2. The van der Waals surface area contributed by atoms with Crippen LogP contribution in [0.4, 0.5) is 0 Å². The van der Waals surface area contributed by atoms with Gasteiger partial charge in [0, 0.05) is 18.4 Å². The molecule has 0 atom stereocenters. The maximum Gasteiger partial charge on any atom is 0.313 e. The number of carbonyl (C=O) groups is 1. The minimum Gasteiger partial charge on any atom is -0.481 e. The summed E-state index contributed by atoms with van der Waals surface area (Å²) in [5.74, 6) is -0.746. The van der Waals surface area contributed by atoms with Crippen LogP contribution in [0, 0.1) is 6.92 Å². The molecule has 0 aliphatic rings. The van der Waals surface area contributed by atoms with Crippen molar-refractivity contribution in [2.75, 3.05) is 5.75 Å². The lowest BCUT2D eigenvalue weighted by atomic mass is 10.5. The summed E-state index contributed by atoms with van der Waals surface area (Å²) in [6.45, 7) is 4.80. The highest BCUT2D eigenvalue weighted by Gasteiger charge is 2.07. The third kappa shape index (κ3) is 2.48. The first kappa shape index (κ1) is 10.1. The molecule has 0 radical (unpaired) electrons. The lowest BCUT2D eigenvalue weighted by Crippen LogP contribution is -2.02. The van der Waals surface area contributed by atoms with Crippen molar-refractivity contribution in [3.05, 3.63) is 11.9 Å². The fraction of sp³-hybridized carbons (Fsp3) is 0.500. The fourth-order valence-corrected chi connectivity index (χ4v) is 1.87. The van der Waals surface area contributed by atoms with Crippen molar-refractivity contribution in [1.29, 1.82) is 0 Å². The Balaban J connectivity index is 2.70. The first-order valence-corrected chi connectivity index (χ1v) is 5.00. The van der Waals surface area contributed by atoms with Gasteiger partial charge in [-0.15, -0.1) is 0 Å². The Morgan fingerprint density at radius 1 is 1.77 bits per heavy atom. The van der Waals surface area contributed by atoms with Crippen molar-refractivity contribution in [3.8, 4) is 0 Å². The zero-order valence-electron chi connectivity index (χ0n) is 7.65. The summed E-state index contributed by atoms with van der Waals surface area (Å²) in [5, 5.41) is 9.27. The van der Waals surface area contributed by atoms with Gasteiger partial charge in [0.15, 0.2) is 5.16 Å². The molecule has 1 aromatic heterocycles. The number of nitrogens with zero attached hydrogens (tertiary/aromatic N) is 2. The Hall–Kier alpha value is -0.970. The molecule has 0 spiro atoms. The van der Waals surface area contributed by atoms with Crippen LogP contribution in [-0.4, -0.2) is 26.4 Å². The van der Waals surface area contributed by atoms with Gasteiger partial charge in [-0.2, -0.15) is 0 Å². The second-order valence-corrected chi connectivity index (χ2v) is 3.55. The molecule has 1 N–H and O–H groups in total. The Morgan fingerprint density at radius 2 is 2.46 bits per heavy atom. The molecule has 0 saturated carbocycles. The number of hydrogen-bond acceptors (Lipinski definition) is 3. The van der Waals surface area contributed by atoms with Gasteiger partial charge in [-0.05, 0) is 13.8 Å². The molecular formula is C8H12N2O2S. The predicted octanol–water partition coefficient (Wildman–Crippen LogP) is 1.39. The molecule has 0 saturated heterocycles. The minimum absolute atomic E-state index is 0.0659. The summed E-state index contributed by atoms with van der Waals surface area (Å²) in [5.41, 5.74) is 1.07. The lowest BCUT2D eigenvalue weighted by molar-refractivity contribution is -0.133. The number of rotatable bonds is 4. The maximum absolute atomic E-state index is 10.3. The van der Waals surface area contributed by atoms with Crippen molar-refractivity contribution in [2.24, 2.45) is 0 Å². The molecule has 0 bridgehead atoms. The molecule has 0 unspecified atom stereocenters. The molecule has 4 nitrogen and oxygen atoms in total. The first-order chi connectivity index (χ1) is 6.15. The molecule has 72 valence electrons. The molecular weight excluding hydrogens is 188 g/mol. The summed E-state index contributed by atoms with van der Waals surface area (Å²) >= 11 is 1.25. The number of carboxylic acid groups (broad SMARTS) is 1. The highest BCUT2D eigenvalue weighted by Crippen LogP contribution is 2.17. The van der Waals surface area contributed by atoms with Crippen molar-refractivity contribution >= 4 is 17.7 Å². The Bertz CT molecular complexity index is 309. The number of carboxylic acids is 1. The lowest BCUT2D eigenvalue weighted by Gasteiger charge is -2.04. The van der Waals surface area contributed by atoms with Gasteiger partial charge in [-0.25, -0.2) is 4.98 Å². The van der Waals surface area contributed by atoms with Crippen LogP contribution >= 0.6 is 11.8 Å². The molecule has 1 rings (SSSR count). The van der Waals surface area contributed by atoms with E-state index in [1.807, 2.05) is 18.4 Å². The maximum atomic E-state index is 10.3. The zero-order valence-corrected chi connectivity index (χ0v) is 8.47. The van der Waals surface area contributed by atoms with E-state index in [-0.39, 0.29) is 5.75 Å². The van der Waals surface area contributed by atoms with E-state index in [0.29, 0.717) is 0 Å². The summed E-state index contributed by atoms with van der Waals surface area (Å²) in [7, 11) is 0. The number of imidazole rings is 1. The smallest absolute Gasteiger partial charge is 0.313 e. The number of aliphatic carboxylic acids is 1. The van der Waals surface area contributed by atoms with Crippen LogP contribution in [0.2, 0.25) is 0 Å². The Labute approximate surface area is 81.0 Å². The van der Waals surface area contributed by atoms with Gasteiger partial charge in [0.1, 0.15) is 0 Å². The molecule has 0 amide bonds. The molecule has 0 aromatic carbocycles. The van der Waals surface area contributed by atoms with E-state index >= 15 is 0 Å². The normalized spacial score (nSPS) is 10.3. The van der Waals surface area contributed by atoms with Crippen LogP contribution in [0.25, 0.3) is 0 Å². The van der Waals surface area contributed by atoms with Crippen molar-refractivity contribution in [2.45, 2.75) is 25.5 Å². The fourth-order valence-electron chi connectivity index (χ4n) is 1.07. The predicted molar refractivity (Wildman–Crippen MR) is 51.0 cm³/mol. The van der Waals surface area contributed by atoms with Crippen LogP contribution in [0.5, 0.6) is 0 Å². The SMILES string of the molecule is CCn1c(C)cnc1SCC(=O)O. The third-order valence-corrected chi connectivity index (χ3v) is 2.63. The number of aromatic nitrogens is 2. The summed E-state index contributed by atoms with van der Waals surface area (Å²) in [4.78, 5) is 14.4. The summed E-state index contributed by atoms with van der Waals surface area (Å²) in [6, 6.07) is 0. The second kappa shape index (κ2) is 4.32. The third-order valence-electron chi connectivity index (χ3n) is 1.66. The van der Waals surface area contributed by atoms with Crippen LogP contribution < -0.4 is 0 Å². The van der Waals surface area contributed by atoms with E-state index in [0.717, 1.165) is 17.4 Å². The van der Waals surface area contributed by atoms with Gasteiger partial charge < -0.3 is 9.67 Å². The van der Waals surface area contributed by atoms with Crippen molar-refractivity contribution in [1.82, 2.24) is 9.55 Å². The Kier molecular flexibility index (Phi) is 3.36. The van der Waals surface area contributed by atoms with E-state index in [1.165, 1.54) is 11.8 Å². The topological polar surface area (TPSA) is 55.1 Å². The van der Waals surface area contributed by atoms with E-state index in [2.05, 4.69) is 4.98 Å². The zero-order chi connectivity index (χ0) is 9.84. The molecule has 13 heavy (non-hydrogen) atoms. The standard InChI is InChI=1S/C8H12N2O2S/c1-3-10-6(2)4-9-8(10)13-5-7(11)12/h4H,3,5H2,1-2H3,(H,11,12). The van der Waals surface area contributed by atoms with Gasteiger partial charge in [0.2, 0.25) is 0 Å². The molecule has 5 heteroatoms. The van der Waals surface area contributed by atoms with Gasteiger partial charge in [-0.3, -0.25) is 4.79 Å². The summed E-state index contributed by atoms with van der Waals surface area (Å²) in [6.07, 6.45) is 1.76. The van der Waals surface area contributed by atoms with E-state index in [9.17, 15) is 4.79 Å². The average Bonchev–Trinajstić information content (AvgIpc) is 2.42. The summed E-state index contributed by atoms with van der Waals surface area (Å²) < 4.78 is 1.99. The number of thioether (sulfide) groups is 1. The van der Waals surface area contributed by atoms with Crippen LogP contribution in [0.15, 0.2) is 11.4 Å². The van der Waals surface area contributed by atoms with Crippen LogP contribution in [0.3, 0.4) is 0 Å². The van der Waals surface area contributed by atoms with E-state index < -0.39 is 5.97 Å². The van der Waals surface area contributed by atoms with Crippen molar-refractivity contribution < 1.29 is 9.90 Å². The van der Waals surface area contributed by atoms with Crippen LogP contribution in [-0.2, 0) is 11.3 Å². The number of aryl methyl sites for hydroxylation is 1. The van der Waals surface area contributed by atoms with Gasteiger partial charge in [0.25, 0.3) is 0 Å².